The maximum Gasteiger partial charge on any atom is 0.322 e. The van der Waals surface area contributed by atoms with E-state index >= 15 is 0 Å². The molecule has 0 aliphatic heterocycles. The molecule has 0 spiro atoms. The number of rotatable bonds is 9. The Labute approximate surface area is 237 Å². The van der Waals surface area contributed by atoms with Gasteiger partial charge in [0.05, 0.1) is 4.90 Å². The summed E-state index contributed by atoms with van der Waals surface area (Å²) in [4.78, 5) is 24.7. The van der Waals surface area contributed by atoms with Crippen LogP contribution >= 0.6 is 0 Å². The van der Waals surface area contributed by atoms with Gasteiger partial charge in [-0.15, -0.1) is 0 Å². The lowest BCUT2D eigenvalue weighted by molar-refractivity contribution is -0.140. The van der Waals surface area contributed by atoms with Crippen LogP contribution in [0.5, 0.6) is 0 Å². The Kier molecular flexibility index (Phi) is 7.74. The molecule has 0 unspecified atom stereocenters. The van der Waals surface area contributed by atoms with E-state index in [4.69, 9.17) is 4.42 Å². The second-order valence-electron chi connectivity index (χ2n) is 9.91. The third-order valence-electron chi connectivity index (χ3n) is 6.72. The lowest BCUT2D eigenvalue weighted by Gasteiger charge is -2.18. The first-order chi connectivity index (χ1) is 19.6. The third kappa shape index (κ3) is 5.91. The largest absolute Gasteiger partial charge is 0.480 e. The smallest absolute Gasteiger partial charge is 0.322 e. The van der Waals surface area contributed by atoms with Crippen molar-refractivity contribution >= 4 is 38.6 Å². The molecule has 5 aromatic rings. The van der Waals surface area contributed by atoms with Crippen molar-refractivity contribution in [2.45, 2.75) is 24.8 Å². The Balaban J connectivity index is 1.34. The number of carbonyl (C=O) groups excluding carboxylic acids is 1. The van der Waals surface area contributed by atoms with Crippen LogP contribution in [0.1, 0.15) is 24.4 Å². The Bertz CT molecular complexity index is 1810. The van der Waals surface area contributed by atoms with Crippen molar-refractivity contribution in [1.29, 1.82) is 0 Å². The highest BCUT2D eigenvalue weighted by Gasteiger charge is 2.28. The molecule has 208 valence electrons. The van der Waals surface area contributed by atoms with Crippen molar-refractivity contribution in [3.05, 3.63) is 109 Å². The molecule has 0 fully saturated rings. The summed E-state index contributed by atoms with van der Waals surface area (Å²) in [7, 11) is -4.02. The molecule has 9 heteroatoms. The molecule has 3 N–H and O–H groups in total. The van der Waals surface area contributed by atoms with Crippen LogP contribution in [0.15, 0.2) is 112 Å². The molecule has 1 aromatic heterocycles. The van der Waals surface area contributed by atoms with E-state index in [0.717, 1.165) is 27.6 Å². The average Bonchev–Trinajstić information content (AvgIpc) is 3.37. The number of carboxylic acids is 1. The molecule has 0 radical (unpaired) electrons. The molecule has 4 aromatic carbocycles. The molecule has 8 nitrogen and oxygen atoms in total. The minimum absolute atomic E-state index is 0.0305. The highest BCUT2D eigenvalue weighted by molar-refractivity contribution is 7.89. The summed E-state index contributed by atoms with van der Waals surface area (Å²) >= 11 is 0. The number of nitrogens with one attached hydrogen (secondary N) is 2. The number of benzene rings is 4. The Hall–Kier alpha value is -4.73. The maximum atomic E-state index is 13.3. The van der Waals surface area contributed by atoms with Gasteiger partial charge in [0.2, 0.25) is 15.8 Å². The van der Waals surface area contributed by atoms with Gasteiger partial charge in [-0.1, -0.05) is 86.6 Å². The summed E-state index contributed by atoms with van der Waals surface area (Å²) in [6.45, 7) is 3.27. The van der Waals surface area contributed by atoms with E-state index in [1.54, 1.807) is 38.1 Å². The van der Waals surface area contributed by atoms with Crippen LogP contribution in [0.4, 0.5) is 5.69 Å². The lowest BCUT2D eigenvalue weighted by atomic mass is 10.0. The SMILES string of the molecule is CC(C)[C@H](NS(=O)(=O)c1ccc(-c2ccc(NC(=O)c3oc4ccccc4c3-c3ccccc3)cc2)cc1)C(=O)O. The summed E-state index contributed by atoms with van der Waals surface area (Å²) in [6.07, 6.45) is 0. The summed E-state index contributed by atoms with van der Waals surface area (Å²) in [5.41, 5.74) is 4.35. The third-order valence-corrected chi connectivity index (χ3v) is 8.18. The Morgan fingerprint density at radius 3 is 1.95 bits per heavy atom. The molecule has 5 rings (SSSR count). The van der Waals surface area contributed by atoms with E-state index in [1.807, 2.05) is 66.7 Å². The fraction of sp³-hybridized carbons (Fsp3) is 0.125. The number of hydrogen-bond donors (Lipinski definition) is 3. The zero-order valence-corrected chi connectivity index (χ0v) is 23.2. The molecule has 1 amide bonds. The molecule has 0 bridgehead atoms. The highest BCUT2D eigenvalue weighted by Crippen LogP contribution is 2.35. The quantitative estimate of drug-likeness (QED) is 0.189. The van der Waals surface area contributed by atoms with Gasteiger partial charge in [0, 0.05) is 16.6 Å². The van der Waals surface area contributed by atoms with E-state index in [2.05, 4.69) is 10.0 Å². The van der Waals surface area contributed by atoms with Gasteiger partial charge in [0.15, 0.2) is 0 Å². The number of carboxylic acid groups (broad SMARTS) is 1. The minimum atomic E-state index is -4.02. The van der Waals surface area contributed by atoms with Gasteiger partial charge in [-0.25, -0.2) is 8.42 Å². The van der Waals surface area contributed by atoms with Crippen LogP contribution in [-0.2, 0) is 14.8 Å². The fourth-order valence-electron chi connectivity index (χ4n) is 4.56. The van der Waals surface area contributed by atoms with Crippen LogP contribution < -0.4 is 10.0 Å². The number of para-hydroxylation sites is 1. The number of amides is 1. The van der Waals surface area contributed by atoms with Gasteiger partial charge in [-0.05, 0) is 52.9 Å². The van der Waals surface area contributed by atoms with Crippen LogP contribution in [0, 0.1) is 5.92 Å². The van der Waals surface area contributed by atoms with Crippen molar-refractivity contribution in [3.8, 4) is 22.3 Å². The molecule has 1 atom stereocenters. The Morgan fingerprint density at radius 2 is 1.34 bits per heavy atom. The summed E-state index contributed by atoms with van der Waals surface area (Å²) in [5, 5.41) is 13.1. The van der Waals surface area contributed by atoms with Gasteiger partial charge in [0.25, 0.3) is 5.91 Å². The molecule has 0 aliphatic rings. The van der Waals surface area contributed by atoms with Crippen LogP contribution in [-0.4, -0.2) is 31.4 Å². The monoisotopic (exact) mass is 568 g/mol. The number of sulfonamides is 1. The summed E-state index contributed by atoms with van der Waals surface area (Å²) < 4.78 is 33.7. The summed E-state index contributed by atoms with van der Waals surface area (Å²) in [6, 6.07) is 29.2. The fourth-order valence-corrected chi connectivity index (χ4v) is 5.90. The molecule has 0 saturated carbocycles. The van der Waals surface area contributed by atoms with E-state index in [9.17, 15) is 23.1 Å². The lowest BCUT2D eigenvalue weighted by Crippen LogP contribution is -2.44. The predicted molar refractivity (Wildman–Crippen MR) is 158 cm³/mol. The number of furan rings is 1. The zero-order valence-electron chi connectivity index (χ0n) is 22.4. The summed E-state index contributed by atoms with van der Waals surface area (Å²) in [5.74, 6) is -1.81. The molecular formula is C32H28N2O6S. The topological polar surface area (TPSA) is 126 Å². The van der Waals surface area contributed by atoms with E-state index in [1.165, 1.54) is 12.1 Å². The minimum Gasteiger partial charge on any atom is -0.480 e. The average molecular weight is 569 g/mol. The number of hydrogen-bond acceptors (Lipinski definition) is 5. The first-order valence-corrected chi connectivity index (χ1v) is 14.5. The number of anilines is 1. The van der Waals surface area contributed by atoms with Crippen LogP contribution in [0.25, 0.3) is 33.2 Å². The van der Waals surface area contributed by atoms with E-state index in [-0.39, 0.29) is 16.6 Å². The predicted octanol–water partition coefficient (Wildman–Crippen LogP) is 6.41. The van der Waals surface area contributed by atoms with Gasteiger partial charge < -0.3 is 14.8 Å². The molecule has 0 aliphatic carbocycles. The van der Waals surface area contributed by atoms with E-state index in [0.29, 0.717) is 11.3 Å². The van der Waals surface area contributed by atoms with Gasteiger partial charge in [0.1, 0.15) is 11.6 Å². The molecular weight excluding hydrogens is 540 g/mol. The number of carbonyl (C=O) groups is 2. The van der Waals surface area contributed by atoms with Crippen LogP contribution in [0.3, 0.4) is 0 Å². The standard InChI is InChI=1S/C32H28N2O6S/c1-20(2)29(32(36)37)34-41(38,39)25-18-14-22(15-19-25)21-12-16-24(17-13-21)33-31(35)30-28(23-8-4-3-5-9-23)26-10-6-7-11-27(26)40-30/h3-20,29,34H,1-2H3,(H,33,35)(H,36,37)/t29-/m0/s1. The van der Waals surface area contributed by atoms with Crippen molar-refractivity contribution in [3.63, 3.8) is 0 Å². The van der Waals surface area contributed by atoms with Gasteiger partial charge in [-0.3, -0.25) is 9.59 Å². The molecule has 41 heavy (non-hydrogen) atoms. The Morgan fingerprint density at radius 1 is 0.756 bits per heavy atom. The van der Waals surface area contributed by atoms with Gasteiger partial charge in [-0.2, -0.15) is 4.72 Å². The van der Waals surface area contributed by atoms with Gasteiger partial charge >= 0.3 is 5.97 Å². The second kappa shape index (κ2) is 11.4. The highest BCUT2D eigenvalue weighted by atomic mass is 32.2. The van der Waals surface area contributed by atoms with Crippen molar-refractivity contribution in [2.24, 2.45) is 5.92 Å². The number of fused-ring (bicyclic) bond motifs is 1. The first-order valence-electron chi connectivity index (χ1n) is 13.0. The first kappa shape index (κ1) is 27.8. The molecule has 1 heterocycles. The number of aliphatic carboxylic acids is 1. The molecule has 0 saturated heterocycles. The van der Waals surface area contributed by atoms with Crippen molar-refractivity contribution in [2.75, 3.05) is 5.32 Å². The van der Waals surface area contributed by atoms with E-state index < -0.39 is 28.0 Å². The van der Waals surface area contributed by atoms with Crippen LogP contribution in [0.2, 0.25) is 0 Å². The second-order valence-corrected chi connectivity index (χ2v) is 11.6. The zero-order chi connectivity index (χ0) is 29.1. The van der Waals surface area contributed by atoms with Crippen molar-refractivity contribution < 1.29 is 27.5 Å². The van der Waals surface area contributed by atoms with Crippen molar-refractivity contribution in [1.82, 2.24) is 4.72 Å². The maximum absolute atomic E-state index is 13.3. The normalized spacial score (nSPS) is 12.4.